The summed E-state index contributed by atoms with van der Waals surface area (Å²) < 4.78 is 4.51. The van der Waals surface area contributed by atoms with Crippen LogP contribution in [0.25, 0.3) is 10.9 Å². The second-order valence-electron chi connectivity index (χ2n) is 4.33. The van der Waals surface area contributed by atoms with Gasteiger partial charge in [0.15, 0.2) is 0 Å². The number of methoxy groups -OCH3 is 1. The van der Waals surface area contributed by atoms with Gasteiger partial charge in [0.25, 0.3) is 0 Å². The number of H-pyrrole nitrogens is 1. The number of para-hydroxylation sites is 1. The van der Waals surface area contributed by atoms with Crippen molar-refractivity contribution in [3.63, 3.8) is 0 Å². The number of benzene rings is 1. The molecule has 2 rings (SSSR count). The van der Waals surface area contributed by atoms with E-state index in [0.717, 1.165) is 23.6 Å². The van der Waals surface area contributed by atoms with Crippen LogP contribution in [0.15, 0.2) is 30.5 Å². The predicted molar refractivity (Wildman–Crippen MR) is 69.5 cm³/mol. The molecule has 0 aliphatic rings. The van der Waals surface area contributed by atoms with E-state index in [1.54, 1.807) is 13.1 Å². The number of hydrogen-bond acceptors (Lipinski definition) is 4. The van der Waals surface area contributed by atoms with E-state index in [2.05, 4.69) is 9.72 Å². The topological polar surface area (TPSA) is 85.2 Å². The Balaban J connectivity index is 2.44. The van der Waals surface area contributed by atoms with Crippen LogP contribution in [0.1, 0.15) is 18.4 Å². The van der Waals surface area contributed by atoms with E-state index in [-0.39, 0.29) is 0 Å². The lowest BCUT2D eigenvalue weighted by molar-refractivity contribution is -0.513. The zero-order valence-corrected chi connectivity index (χ0v) is 10.6. The van der Waals surface area contributed by atoms with Crippen LogP contribution in [0.2, 0.25) is 0 Å². The fraction of sp³-hybridized carbons (Fsp3) is 0.308. The van der Waals surface area contributed by atoms with Crippen molar-refractivity contribution in [1.29, 1.82) is 0 Å². The minimum Gasteiger partial charge on any atom is -0.464 e. The molecule has 0 aliphatic carbocycles. The van der Waals surface area contributed by atoms with Crippen LogP contribution in [0, 0.1) is 10.1 Å². The third-order valence-electron chi connectivity index (χ3n) is 3.26. The molecule has 100 valence electrons. The minimum absolute atomic E-state index is 0.571. The van der Waals surface area contributed by atoms with E-state index in [1.807, 2.05) is 24.3 Å². The van der Waals surface area contributed by atoms with E-state index >= 15 is 0 Å². The number of hydrogen-bond donors (Lipinski definition) is 1. The van der Waals surface area contributed by atoms with Gasteiger partial charge in [-0.1, -0.05) is 25.1 Å². The van der Waals surface area contributed by atoms with Crippen LogP contribution in [0.4, 0.5) is 0 Å². The summed E-state index contributed by atoms with van der Waals surface area (Å²) in [5.41, 5.74) is 1.62. The largest absolute Gasteiger partial charge is 0.464 e. The minimum atomic E-state index is -1.40. The molecule has 0 saturated heterocycles. The molecule has 6 heteroatoms. The monoisotopic (exact) mass is 262 g/mol. The van der Waals surface area contributed by atoms with Gasteiger partial charge in [0, 0.05) is 22.0 Å². The zero-order valence-electron chi connectivity index (χ0n) is 10.6. The summed E-state index contributed by atoms with van der Waals surface area (Å²) in [5.74, 6) is -1.40. The van der Waals surface area contributed by atoms with Gasteiger partial charge >= 0.3 is 12.0 Å². The van der Waals surface area contributed by atoms with Gasteiger partial charge in [-0.05, 0) is 11.6 Å². The highest BCUT2D eigenvalue weighted by Crippen LogP contribution is 2.29. The van der Waals surface area contributed by atoms with Crippen LogP contribution < -0.4 is 0 Å². The predicted octanol–water partition coefficient (Wildman–Crippen LogP) is 2.09. The number of esters is 1. The van der Waals surface area contributed by atoms with Gasteiger partial charge in [-0.3, -0.25) is 10.1 Å². The van der Waals surface area contributed by atoms with Crippen LogP contribution in [-0.4, -0.2) is 29.0 Å². The molecule has 6 nitrogen and oxygen atoms in total. The molecule has 1 aromatic carbocycles. The average molecular weight is 262 g/mol. The van der Waals surface area contributed by atoms with E-state index < -0.39 is 22.9 Å². The van der Waals surface area contributed by atoms with Crippen LogP contribution in [0.5, 0.6) is 0 Å². The van der Waals surface area contributed by atoms with Crippen molar-refractivity contribution in [2.24, 2.45) is 0 Å². The van der Waals surface area contributed by atoms with E-state index in [0.29, 0.717) is 0 Å². The Morgan fingerprint density at radius 2 is 2.11 bits per heavy atom. The Kier molecular flexibility index (Phi) is 3.50. The standard InChI is InChI=1S/C13H14N2O4/c1-8(12(15(17)18)13(16)19-2)10-7-14-11-6-4-3-5-9(10)11/h3-8,12,14H,1-2H3/t8-,12+/m0/s1. The third kappa shape index (κ3) is 2.29. The molecule has 2 aromatic rings. The summed E-state index contributed by atoms with van der Waals surface area (Å²) in [6.07, 6.45) is 1.70. The van der Waals surface area contributed by atoms with Gasteiger partial charge in [-0.2, -0.15) is 0 Å². The quantitative estimate of drug-likeness (QED) is 0.519. The second kappa shape index (κ2) is 5.09. The summed E-state index contributed by atoms with van der Waals surface area (Å²) in [6, 6.07) is 6.07. The molecular weight excluding hydrogens is 248 g/mol. The van der Waals surface area contributed by atoms with Crippen molar-refractivity contribution < 1.29 is 14.5 Å². The van der Waals surface area contributed by atoms with Gasteiger partial charge in [0.1, 0.15) is 0 Å². The number of ether oxygens (including phenoxy) is 1. The maximum atomic E-state index is 11.6. The van der Waals surface area contributed by atoms with Crippen molar-refractivity contribution >= 4 is 16.9 Å². The van der Waals surface area contributed by atoms with Gasteiger partial charge < -0.3 is 9.72 Å². The van der Waals surface area contributed by atoms with Crippen molar-refractivity contribution in [3.05, 3.63) is 46.1 Å². The number of aromatic nitrogens is 1. The fourth-order valence-electron chi connectivity index (χ4n) is 2.23. The molecule has 1 aromatic heterocycles. The number of nitro groups is 1. The molecule has 0 fully saturated rings. The molecule has 1 heterocycles. The number of nitrogens with one attached hydrogen (secondary N) is 1. The summed E-state index contributed by atoms with van der Waals surface area (Å²) in [5, 5.41) is 11.9. The van der Waals surface area contributed by atoms with E-state index in [1.165, 1.54) is 0 Å². The molecule has 0 aliphatic heterocycles. The molecule has 0 saturated carbocycles. The number of carbonyl (C=O) groups excluding carboxylic acids is 1. The number of aromatic amines is 1. The van der Waals surface area contributed by atoms with Crippen molar-refractivity contribution in [2.45, 2.75) is 18.9 Å². The fourth-order valence-corrected chi connectivity index (χ4v) is 2.23. The summed E-state index contributed by atoms with van der Waals surface area (Å²) >= 11 is 0. The van der Waals surface area contributed by atoms with Crippen LogP contribution in [0.3, 0.4) is 0 Å². The number of nitrogens with zero attached hydrogens (tertiary/aromatic N) is 1. The lowest BCUT2D eigenvalue weighted by Gasteiger charge is -2.14. The first-order valence-electron chi connectivity index (χ1n) is 5.83. The maximum Gasteiger partial charge on any atom is 0.382 e. The summed E-state index contributed by atoms with van der Waals surface area (Å²) in [6.45, 7) is 1.65. The van der Waals surface area contributed by atoms with Crippen LogP contribution >= 0.6 is 0 Å². The highest BCUT2D eigenvalue weighted by atomic mass is 16.6. The Bertz CT molecular complexity index is 620. The van der Waals surface area contributed by atoms with Gasteiger partial charge in [-0.25, -0.2) is 4.79 Å². The average Bonchev–Trinajstić information content (AvgIpc) is 2.81. The molecule has 0 unspecified atom stereocenters. The molecular formula is C13H14N2O4. The first-order valence-corrected chi connectivity index (χ1v) is 5.83. The molecule has 2 atom stereocenters. The van der Waals surface area contributed by atoms with Gasteiger partial charge in [0.2, 0.25) is 0 Å². The SMILES string of the molecule is COC(=O)[C@@H]([C@@H](C)c1c[nH]c2ccccc12)[N+](=O)[O-]. The van der Waals surface area contributed by atoms with Crippen molar-refractivity contribution in [2.75, 3.05) is 7.11 Å². The van der Waals surface area contributed by atoms with Gasteiger partial charge in [-0.15, -0.1) is 0 Å². The highest BCUT2D eigenvalue weighted by Gasteiger charge is 2.38. The lowest BCUT2D eigenvalue weighted by atomic mass is 9.93. The molecule has 19 heavy (non-hydrogen) atoms. The molecule has 0 bridgehead atoms. The first-order chi connectivity index (χ1) is 9.06. The van der Waals surface area contributed by atoms with Gasteiger partial charge in [0.05, 0.1) is 13.0 Å². The summed E-state index contributed by atoms with van der Waals surface area (Å²) in [7, 11) is 1.15. The Labute approximate surface area is 109 Å². The highest BCUT2D eigenvalue weighted by molar-refractivity contribution is 5.85. The first kappa shape index (κ1) is 13.1. The molecule has 0 radical (unpaired) electrons. The van der Waals surface area contributed by atoms with Crippen molar-refractivity contribution in [3.8, 4) is 0 Å². The zero-order chi connectivity index (χ0) is 14.0. The Hall–Kier alpha value is -2.37. The number of fused-ring (bicyclic) bond motifs is 1. The maximum absolute atomic E-state index is 11.6. The third-order valence-corrected chi connectivity index (χ3v) is 3.26. The molecule has 1 N–H and O–H groups in total. The Morgan fingerprint density at radius 3 is 2.74 bits per heavy atom. The Morgan fingerprint density at radius 1 is 1.42 bits per heavy atom. The lowest BCUT2D eigenvalue weighted by Crippen LogP contribution is -2.35. The second-order valence-corrected chi connectivity index (χ2v) is 4.33. The van der Waals surface area contributed by atoms with E-state index in [4.69, 9.17) is 0 Å². The van der Waals surface area contributed by atoms with Crippen LogP contribution in [-0.2, 0) is 9.53 Å². The normalized spacial score (nSPS) is 14.0. The smallest absolute Gasteiger partial charge is 0.382 e. The van der Waals surface area contributed by atoms with Crippen molar-refractivity contribution in [1.82, 2.24) is 4.98 Å². The summed E-state index contributed by atoms with van der Waals surface area (Å²) in [4.78, 5) is 25.1. The molecule has 0 spiro atoms. The molecule has 0 amide bonds. The number of rotatable bonds is 4. The number of carbonyl (C=O) groups is 1. The van der Waals surface area contributed by atoms with E-state index in [9.17, 15) is 14.9 Å².